The summed E-state index contributed by atoms with van der Waals surface area (Å²) < 4.78 is 53.6. The molecule has 0 radical (unpaired) electrons. The number of nitrogens with one attached hydrogen (secondary N) is 2. The minimum absolute atomic E-state index is 0.0145. The van der Waals surface area contributed by atoms with Gasteiger partial charge in [-0.15, -0.1) is 0 Å². The van der Waals surface area contributed by atoms with Crippen LogP contribution in [0, 0.1) is 23.6 Å². The SMILES string of the molecule is O=C(O)[C@H]1CC[C@@H]2C[C@@H]2[C@@H]1Nc1nc(-c2n[nH]c3ncc(C(F)(F)F)cc23)ncc1F. The second-order valence-corrected chi connectivity index (χ2v) is 7.93. The number of anilines is 1. The van der Waals surface area contributed by atoms with E-state index in [1.165, 1.54) is 0 Å². The molecule has 3 N–H and O–H groups in total. The number of aromatic amines is 1. The summed E-state index contributed by atoms with van der Waals surface area (Å²) in [5.41, 5.74) is -0.877. The predicted octanol–water partition coefficient (Wildman–Crippen LogP) is 3.48. The van der Waals surface area contributed by atoms with Gasteiger partial charge >= 0.3 is 12.1 Å². The molecular formula is C19H16F4N6O2. The molecule has 0 unspecified atom stereocenters. The number of aliphatic carboxylic acids is 1. The Hall–Kier alpha value is -3.31. The van der Waals surface area contributed by atoms with E-state index in [1.54, 1.807) is 0 Å². The number of nitrogens with zero attached hydrogens (tertiary/aromatic N) is 4. The lowest BCUT2D eigenvalue weighted by atomic mass is 9.84. The Balaban J connectivity index is 1.51. The zero-order chi connectivity index (χ0) is 21.9. The fourth-order valence-corrected chi connectivity index (χ4v) is 4.37. The first-order valence-electron chi connectivity index (χ1n) is 9.66. The van der Waals surface area contributed by atoms with Gasteiger partial charge in [0.05, 0.1) is 23.1 Å². The predicted molar refractivity (Wildman–Crippen MR) is 99.2 cm³/mol. The molecule has 2 saturated carbocycles. The van der Waals surface area contributed by atoms with Crippen molar-refractivity contribution < 1.29 is 27.5 Å². The van der Waals surface area contributed by atoms with Gasteiger partial charge in [0, 0.05) is 12.2 Å². The van der Waals surface area contributed by atoms with Gasteiger partial charge in [-0.3, -0.25) is 9.89 Å². The number of carboxylic acid groups (broad SMARTS) is 1. The molecule has 2 fully saturated rings. The molecule has 0 aromatic carbocycles. The number of aromatic nitrogens is 5. The first-order chi connectivity index (χ1) is 14.7. The van der Waals surface area contributed by atoms with Crippen LogP contribution in [0.5, 0.6) is 0 Å². The van der Waals surface area contributed by atoms with Crippen LogP contribution in [0.2, 0.25) is 0 Å². The molecule has 3 aromatic heterocycles. The van der Waals surface area contributed by atoms with Crippen LogP contribution in [0.15, 0.2) is 18.5 Å². The van der Waals surface area contributed by atoms with Crippen molar-refractivity contribution >= 4 is 22.8 Å². The second-order valence-electron chi connectivity index (χ2n) is 7.93. The summed E-state index contributed by atoms with van der Waals surface area (Å²) in [5, 5.41) is 18.9. The van der Waals surface area contributed by atoms with E-state index in [-0.39, 0.29) is 34.3 Å². The number of hydrogen-bond acceptors (Lipinski definition) is 6. The number of carbonyl (C=O) groups is 1. The van der Waals surface area contributed by atoms with Crippen LogP contribution in [0.3, 0.4) is 0 Å². The third-order valence-corrected chi connectivity index (χ3v) is 6.04. The van der Waals surface area contributed by atoms with Crippen molar-refractivity contribution in [3.63, 3.8) is 0 Å². The summed E-state index contributed by atoms with van der Waals surface area (Å²) in [4.78, 5) is 23.3. The minimum Gasteiger partial charge on any atom is -0.481 e. The van der Waals surface area contributed by atoms with Crippen LogP contribution in [-0.2, 0) is 11.0 Å². The van der Waals surface area contributed by atoms with Crippen LogP contribution in [0.1, 0.15) is 24.8 Å². The van der Waals surface area contributed by atoms with E-state index in [1.807, 2.05) is 0 Å². The molecule has 2 aliphatic rings. The van der Waals surface area contributed by atoms with Crippen LogP contribution >= 0.6 is 0 Å². The second kappa shape index (κ2) is 6.86. The third-order valence-electron chi connectivity index (χ3n) is 6.04. The number of carboxylic acids is 1. The van der Waals surface area contributed by atoms with Crippen molar-refractivity contribution in [1.29, 1.82) is 0 Å². The van der Waals surface area contributed by atoms with E-state index in [0.29, 0.717) is 18.5 Å². The lowest BCUT2D eigenvalue weighted by Crippen LogP contribution is -2.39. The monoisotopic (exact) mass is 436 g/mol. The number of halogens is 4. The molecule has 0 aliphatic heterocycles. The van der Waals surface area contributed by atoms with Crippen LogP contribution in [0.25, 0.3) is 22.6 Å². The van der Waals surface area contributed by atoms with Gasteiger partial charge in [-0.25, -0.2) is 19.3 Å². The molecule has 0 spiro atoms. The number of hydrogen-bond donors (Lipinski definition) is 3. The number of alkyl halides is 3. The topological polar surface area (TPSA) is 117 Å². The lowest BCUT2D eigenvalue weighted by molar-refractivity contribution is -0.143. The first kappa shape index (κ1) is 19.6. The lowest BCUT2D eigenvalue weighted by Gasteiger charge is -2.29. The number of rotatable bonds is 4. The highest BCUT2D eigenvalue weighted by Crippen LogP contribution is 2.52. The number of H-pyrrole nitrogens is 1. The van der Waals surface area contributed by atoms with Gasteiger partial charge in [0.1, 0.15) is 5.69 Å². The molecule has 3 aromatic rings. The van der Waals surface area contributed by atoms with Gasteiger partial charge in [0.15, 0.2) is 23.1 Å². The van der Waals surface area contributed by atoms with Crippen molar-refractivity contribution in [1.82, 2.24) is 25.1 Å². The summed E-state index contributed by atoms with van der Waals surface area (Å²) in [6.07, 6.45) is -0.843. The molecule has 162 valence electrons. The summed E-state index contributed by atoms with van der Waals surface area (Å²) >= 11 is 0. The van der Waals surface area contributed by atoms with Crippen LogP contribution < -0.4 is 5.32 Å². The highest BCUT2D eigenvalue weighted by atomic mass is 19.4. The van der Waals surface area contributed by atoms with Gasteiger partial charge in [-0.05, 0) is 37.2 Å². The van der Waals surface area contributed by atoms with Gasteiger partial charge in [-0.1, -0.05) is 0 Å². The van der Waals surface area contributed by atoms with Crippen molar-refractivity contribution in [3.8, 4) is 11.5 Å². The molecule has 12 heteroatoms. The Morgan fingerprint density at radius 1 is 1.23 bits per heavy atom. The summed E-state index contributed by atoms with van der Waals surface area (Å²) in [5.74, 6) is -2.19. The van der Waals surface area contributed by atoms with E-state index in [0.717, 1.165) is 25.1 Å². The maximum absolute atomic E-state index is 14.4. The molecule has 8 nitrogen and oxygen atoms in total. The summed E-state index contributed by atoms with van der Waals surface area (Å²) in [6, 6.07) is 0.389. The van der Waals surface area contributed by atoms with Gasteiger partial charge < -0.3 is 10.4 Å². The van der Waals surface area contributed by atoms with E-state index in [4.69, 9.17) is 0 Å². The summed E-state index contributed by atoms with van der Waals surface area (Å²) in [7, 11) is 0. The Labute approximate surface area is 172 Å². The molecule has 4 atom stereocenters. The zero-order valence-electron chi connectivity index (χ0n) is 15.8. The Kier molecular flexibility index (Phi) is 4.34. The quantitative estimate of drug-likeness (QED) is 0.536. The summed E-state index contributed by atoms with van der Waals surface area (Å²) in [6.45, 7) is 0. The molecule has 0 amide bonds. The largest absolute Gasteiger partial charge is 0.481 e. The van der Waals surface area contributed by atoms with E-state index in [9.17, 15) is 27.5 Å². The smallest absolute Gasteiger partial charge is 0.417 e. The van der Waals surface area contributed by atoms with Crippen molar-refractivity contribution in [2.45, 2.75) is 31.5 Å². The third kappa shape index (κ3) is 3.45. The van der Waals surface area contributed by atoms with Crippen LogP contribution in [0.4, 0.5) is 23.4 Å². The average molecular weight is 436 g/mol. The van der Waals surface area contributed by atoms with Crippen molar-refractivity contribution in [3.05, 3.63) is 29.8 Å². The zero-order valence-corrected chi connectivity index (χ0v) is 15.8. The average Bonchev–Trinajstić information content (AvgIpc) is 3.39. The van der Waals surface area contributed by atoms with E-state index in [2.05, 4.69) is 30.5 Å². The van der Waals surface area contributed by atoms with Gasteiger partial charge in [0.2, 0.25) is 0 Å². The van der Waals surface area contributed by atoms with E-state index < -0.39 is 35.5 Å². The highest BCUT2D eigenvalue weighted by Gasteiger charge is 2.51. The Bertz CT molecular complexity index is 1180. The molecular weight excluding hydrogens is 420 g/mol. The van der Waals surface area contributed by atoms with Gasteiger partial charge in [-0.2, -0.15) is 18.3 Å². The van der Waals surface area contributed by atoms with Gasteiger partial charge in [0.25, 0.3) is 0 Å². The standard InChI is InChI=1S/C19H16F4N6O2/c20-12-6-25-17(14-11-4-8(19(21,22)23)5-24-15(11)29-28-14)27-16(12)26-13-9(18(30)31)2-1-7-3-10(7)13/h4-7,9-10,13H,1-3H2,(H,30,31)(H,24,28,29)(H,25,26,27)/t7-,9+,10+,13-/m1/s1. The Morgan fingerprint density at radius 3 is 2.77 bits per heavy atom. The molecule has 0 bridgehead atoms. The maximum Gasteiger partial charge on any atom is 0.417 e. The maximum atomic E-state index is 14.4. The molecule has 2 aliphatic carbocycles. The van der Waals surface area contributed by atoms with Crippen molar-refractivity contribution in [2.75, 3.05) is 5.32 Å². The molecule has 3 heterocycles. The molecule has 5 rings (SSSR count). The highest BCUT2D eigenvalue weighted by molar-refractivity contribution is 5.89. The van der Waals surface area contributed by atoms with Crippen molar-refractivity contribution in [2.24, 2.45) is 17.8 Å². The Morgan fingerprint density at radius 2 is 2.03 bits per heavy atom. The number of fused-ring (bicyclic) bond motifs is 2. The minimum atomic E-state index is -4.60. The fourth-order valence-electron chi connectivity index (χ4n) is 4.37. The molecule has 31 heavy (non-hydrogen) atoms. The number of pyridine rings is 1. The van der Waals surface area contributed by atoms with E-state index >= 15 is 0 Å². The first-order valence-corrected chi connectivity index (χ1v) is 9.66. The van der Waals surface area contributed by atoms with Crippen LogP contribution in [-0.4, -0.2) is 42.3 Å². The fraction of sp³-hybridized carbons (Fsp3) is 0.421. The normalized spacial score (nSPS) is 25.3. The molecule has 0 saturated heterocycles.